The van der Waals surface area contributed by atoms with Crippen molar-refractivity contribution in [3.8, 4) is 45.1 Å². The van der Waals surface area contributed by atoms with Gasteiger partial charge in [-0.2, -0.15) is 0 Å². The fraction of sp³-hybridized carbons (Fsp3) is 0. The molecule has 4 rings (SSSR count). The van der Waals surface area contributed by atoms with Crippen LogP contribution in [0.4, 0.5) is 0 Å². The molecule has 4 aromatic rings. The average Bonchev–Trinajstić information content (AvgIpc) is 2.68. The first kappa shape index (κ1) is 17.1. The molecule has 0 aliphatic rings. The van der Waals surface area contributed by atoms with Gasteiger partial charge in [0.05, 0.1) is 11.4 Å². The van der Waals surface area contributed by atoms with Gasteiger partial charge in [-0.3, -0.25) is 0 Å². The number of phenols is 2. The van der Waals surface area contributed by atoms with E-state index < -0.39 is 0 Å². The molecular weight excluding hydrogens is 358 g/mol. The molecule has 1 aromatic heterocycles. The molecule has 0 saturated heterocycles. The molecule has 0 aliphatic heterocycles. The average molecular weight is 374 g/mol. The molecule has 27 heavy (non-hydrogen) atoms. The molecular formula is C23H16ClNO2. The van der Waals surface area contributed by atoms with Gasteiger partial charge in [0, 0.05) is 16.1 Å². The Kier molecular flexibility index (Phi) is 4.53. The number of aromatic nitrogens is 1. The lowest BCUT2D eigenvalue weighted by atomic mass is 9.99. The molecule has 132 valence electrons. The highest BCUT2D eigenvalue weighted by Gasteiger charge is 2.13. The number of rotatable bonds is 3. The Morgan fingerprint density at radius 3 is 1.67 bits per heavy atom. The number of aromatic hydroxyl groups is 2. The first-order chi connectivity index (χ1) is 13.1. The maximum absolute atomic E-state index is 10.3. The summed E-state index contributed by atoms with van der Waals surface area (Å²) in [6.07, 6.45) is 0. The number of nitrogens with zero attached hydrogens (tertiary/aromatic N) is 1. The van der Waals surface area contributed by atoms with Gasteiger partial charge in [0.25, 0.3) is 0 Å². The largest absolute Gasteiger partial charge is 0.507 e. The van der Waals surface area contributed by atoms with Gasteiger partial charge in [0.15, 0.2) is 0 Å². The summed E-state index contributed by atoms with van der Waals surface area (Å²) in [6.45, 7) is 0. The van der Waals surface area contributed by atoms with Crippen molar-refractivity contribution in [1.29, 1.82) is 0 Å². The molecule has 0 aliphatic carbocycles. The molecule has 0 amide bonds. The number of hydrogen-bond donors (Lipinski definition) is 2. The summed E-state index contributed by atoms with van der Waals surface area (Å²) in [7, 11) is 0. The summed E-state index contributed by atoms with van der Waals surface area (Å²) in [4.78, 5) is 4.69. The van der Waals surface area contributed by atoms with Gasteiger partial charge in [-0.15, -0.1) is 0 Å². The van der Waals surface area contributed by atoms with Crippen LogP contribution in [0, 0.1) is 0 Å². The Bertz CT molecular complexity index is 1060. The standard InChI is InChI=1S/C23H16ClNO2/c24-17-7-5-6-15(12-17)16-13-20(18-8-1-3-10-22(18)26)25-21(14-16)19-9-2-4-11-23(19)27/h1-14,26-27H. The first-order valence-electron chi connectivity index (χ1n) is 8.46. The van der Waals surface area contributed by atoms with E-state index in [1.807, 2.05) is 60.7 Å². The zero-order chi connectivity index (χ0) is 18.8. The maximum Gasteiger partial charge on any atom is 0.124 e. The van der Waals surface area contributed by atoms with Crippen LogP contribution in [0.3, 0.4) is 0 Å². The highest BCUT2D eigenvalue weighted by Crippen LogP contribution is 2.36. The molecule has 4 heteroatoms. The molecule has 3 aromatic carbocycles. The van der Waals surface area contributed by atoms with Crippen molar-refractivity contribution in [1.82, 2.24) is 4.98 Å². The van der Waals surface area contributed by atoms with Crippen LogP contribution in [-0.4, -0.2) is 15.2 Å². The second-order valence-electron chi connectivity index (χ2n) is 6.17. The molecule has 0 unspecified atom stereocenters. The van der Waals surface area contributed by atoms with Crippen molar-refractivity contribution >= 4 is 11.6 Å². The van der Waals surface area contributed by atoms with E-state index in [0.29, 0.717) is 27.5 Å². The molecule has 0 saturated carbocycles. The maximum atomic E-state index is 10.3. The van der Waals surface area contributed by atoms with Crippen molar-refractivity contribution < 1.29 is 10.2 Å². The zero-order valence-electron chi connectivity index (χ0n) is 14.3. The number of hydrogen-bond acceptors (Lipinski definition) is 3. The topological polar surface area (TPSA) is 53.4 Å². The van der Waals surface area contributed by atoms with Crippen molar-refractivity contribution in [2.75, 3.05) is 0 Å². The Hall–Kier alpha value is -3.30. The van der Waals surface area contributed by atoms with Gasteiger partial charge in [0.2, 0.25) is 0 Å². The van der Waals surface area contributed by atoms with Crippen LogP contribution in [0.15, 0.2) is 84.9 Å². The lowest BCUT2D eigenvalue weighted by Crippen LogP contribution is -1.92. The van der Waals surface area contributed by atoms with Crippen molar-refractivity contribution in [2.24, 2.45) is 0 Å². The van der Waals surface area contributed by atoms with Gasteiger partial charge in [0.1, 0.15) is 11.5 Å². The third-order valence-corrected chi connectivity index (χ3v) is 4.58. The summed E-state index contributed by atoms with van der Waals surface area (Å²) in [6, 6.07) is 25.5. The Morgan fingerprint density at radius 1 is 0.593 bits per heavy atom. The van der Waals surface area contributed by atoms with Gasteiger partial charge in [-0.1, -0.05) is 48.0 Å². The van der Waals surface area contributed by atoms with Crippen LogP contribution in [-0.2, 0) is 0 Å². The second kappa shape index (κ2) is 7.14. The van der Waals surface area contributed by atoms with Crippen molar-refractivity contribution in [2.45, 2.75) is 0 Å². The van der Waals surface area contributed by atoms with Crippen LogP contribution in [0.25, 0.3) is 33.6 Å². The van der Waals surface area contributed by atoms with Crippen LogP contribution >= 0.6 is 11.6 Å². The lowest BCUT2D eigenvalue weighted by molar-refractivity contribution is 0.477. The lowest BCUT2D eigenvalue weighted by Gasteiger charge is -2.12. The van der Waals surface area contributed by atoms with Crippen LogP contribution < -0.4 is 0 Å². The molecule has 0 atom stereocenters. The molecule has 0 radical (unpaired) electrons. The van der Waals surface area contributed by atoms with Crippen LogP contribution in [0.1, 0.15) is 0 Å². The van der Waals surface area contributed by atoms with Crippen LogP contribution in [0.2, 0.25) is 5.02 Å². The quantitative estimate of drug-likeness (QED) is 0.453. The van der Waals surface area contributed by atoms with E-state index in [9.17, 15) is 10.2 Å². The minimum atomic E-state index is 0.150. The third kappa shape index (κ3) is 3.50. The Morgan fingerprint density at radius 2 is 1.15 bits per heavy atom. The van der Waals surface area contributed by atoms with Crippen molar-refractivity contribution in [3.63, 3.8) is 0 Å². The van der Waals surface area contributed by atoms with E-state index in [0.717, 1.165) is 11.1 Å². The first-order valence-corrected chi connectivity index (χ1v) is 8.84. The summed E-state index contributed by atoms with van der Waals surface area (Å²) in [5, 5.41) is 21.2. The predicted octanol–water partition coefficient (Wildman–Crippen LogP) is 6.15. The second-order valence-corrected chi connectivity index (χ2v) is 6.61. The molecule has 0 fully saturated rings. The smallest absolute Gasteiger partial charge is 0.124 e. The van der Waals surface area contributed by atoms with E-state index in [4.69, 9.17) is 16.6 Å². The summed E-state index contributed by atoms with van der Waals surface area (Å²) >= 11 is 6.16. The van der Waals surface area contributed by atoms with Gasteiger partial charge < -0.3 is 10.2 Å². The van der Waals surface area contributed by atoms with E-state index in [1.165, 1.54) is 0 Å². The minimum absolute atomic E-state index is 0.150. The molecule has 0 spiro atoms. The Balaban J connectivity index is 1.97. The summed E-state index contributed by atoms with van der Waals surface area (Å²) in [5.41, 5.74) is 4.30. The van der Waals surface area contributed by atoms with Crippen molar-refractivity contribution in [3.05, 3.63) is 90.0 Å². The highest BCUT2D eigenvalue weighted by atomic mass is 35.5. The van der Waals surface area contributed by atoms with E-state index in [-0.39, 0.29) is 11.5 Å². The van der Waals surface area contributed by atoms with Gasteiger partial charge in [-0.25, -0.2) is 4.98 Å². The third-order valence-electron chi connectivity index (χ3n) is 4.34. The number of halogens is 1. The number of para-hydroxylation sites is 2. The van der Waals surface area contributed by atoms with Gasteiger partial charge >= 0.3 is 0 Å². The Labute approximate surface area is 162 Å². The fourth-order valence-electron chi connectivity index (χ4n) is 3.02. The zero-order valence-corrected chi connectivity index (χ0v) is 15.1. The SMILES string of the molecule is Oc1ccccc1-c1cc(-c2cccc(Cl)c2)cc(-c2ccccc2O)n1. The van der Waals surface area contributed by atoms with E-state index in [1.54, 1.807) is 24.3 Å². The highest BCUT2D eigenvalue weighted by molar-refractivity contribution is 6.30. The molecule has 1 heterocycles. The monoisotopic (exact) mass is 373 g/mol. The van der Waals surface area contributed by atoms with Crippen LogP contribution in [0.5, 0.6) is 11.5 Å². The normalized spacial score (nSPS) is 10.7. The number of benzene rings is 3. The van der Waals surface area contributed by atoms with E-state index >= 15 is 0 Å². The molecule has 2 N–H and O–H groups in total. The minimum Gasteiger partial charge on any atom is -0.507 e. The summed E-state index contributed by atoms with van der Waals surface area (Å²) < 4.78 is 0. The van der Waals surface area contributed by atoms with E-state index in [2.05, 4.69) is 0 Å². The number of phenolic OH excluding ortho intramolecular Hbond substituents is 2. The number of pyridine rings is 1. The molecule has 0 bridgehead atoms. The predicted molar refractivity (Wildman–Crippen MR) is 109 cm³/mol. The fourth-order valence-corrected chi connectivity index (χ4v) is 3.21. The summed E-state index contributed by atoms with van der Waals surface area (Å²) in [5.74, 6) is 0.299. The van der Waals surface area contributed by atoms with Gasteiger partial charge in [-0.05, 0) is 59.7 Å². The molecule has 3 nitrogen and oxygen atoms in total.